The van der Waals surface area contributed by atoms with Crippen LogP contribution in [0.25, 0.3) is 10.8 Å². The first-order valence-electron chi connectivity index (χ1n) is 16.5. The maximum Gasteiger partial charge on any atom is 0.251 e. The van der Waals surface area contributed by atoms with Crippen LogP contribution in [0.3, 0.4) is 0 Å². The van der Waals surface area contributed by atoms with Gasteiger partial charge in [-0.1, -0.05) is 75.4 Å². The lowest BCUT2D eigenvalue weighted by Crippen LogP contribution is -2.47. The molecule has 0 aliphatic carbocycles. The van der Waals surface area contributed by atoms with E-state index in [1.807, 2.05) is 55.6 Å². The molecule has 45 heavy (non-hydrogen) atoms. The Hall–Kier alpha value is -4.01. The maximum absolute atomic E-state index is 13.7. The second kappa shape index (κ2) is 17.5. The average molecular weight is 611 g/mol. The van der Waals surface area contributed by atoms with Crippen LogP contribution in [-0.2, 0) is 11.3 Å². The van der Waals surface area contributed by atoms with Crippen LogP contribution in [0.4, 0.5) is 0 Å². The van der Waals surface area contributed by atoms with Crippen LogP contribution in [0.15, 0.2) is 79.1 Å². The Morgan fingerprint density at radius 3 is 2.33 bits per heavy atom. The van der Waals surface area contributed by atoms with Gasteiger partial charge in [0, 0.05) is 37.0 Å². The van der Waals surface area contributed by atoms with Gasteiger partial charge in [-0.05, 0) is 86.3 Å². The Bertz CT molecular complexity index is 1460. The maximum atomic E-state index is 13.7. The second-order valence-electron chi connectivity index (χ2n) is 12.0. The highest BCUT2D eigenvalue weighted by Crippen LogP contribution is 2.24. The molecule has 0 aliphatic rings. The molecule has 3 aromatic carbocycles. The molecule has 3 atom stereocenters. The number of nitrogens with one attached hydrogen (secondary N) is 4. The fraction of sp³-hybridized carbons (Fsp3) is 0.432. The highest BCUT2D eigenvalue weighted by molar-refractivity contribution is 5.97. The van der Waals surface area contributed by atoms with Crippen molar-refractivity contribution in [1.82, 2.24) is 30.8 Å². The van der Waals surface area contributed by atoms with Crippen molar-refractivity contribution in [2.24, 2.45) is 0 Å². The number of rotatable bonds is 18. The van der Waals surface area contributed by atoms with Crippen molar-refractivity contribution in [2.75, 3.05) is 26.2 Å². The van der Waals surface area contributed by atoms with Crippen molar-refractivity contribution in [3.63, 3.8) is 0 Å². The van der Waals surface area contributed by atoms with Gasteiger partial charge in [-0.2, -0.15) is 0 Å². The standard InChI is InChI=1S/C37H50N6O2/c1-5-22-43(23-6-2)24-10-15-34(37(45)41-28(4)32-14-9-12-30-11-7-8-13-33(30)32)42-36(44)31-18-16-29(17-19-31)26-38-25-27(3)35-39-20-21-40-35/h7-9,11-14,16-21,27-28,34,38H,5-6,10,15,22-26H2,1-4H3,(H,39,40)(H,41,45)(H,42,44)/t27?,28-,34-/m0/s1. The summed E-state index contributed by atoms with van der Waals surface area (Å²) in [4.78, 5) is 37.0. The first kappa shape index (κ1) is 33.9. The molecular weight excluding hydrogens is 560 g/mol. The molecule has 8 nitrogen and oxygen atoms in total. The molecule has 0 spiro atoms. The smallest absolute Gasteiger partial charge is 0.251 e. The molecule has 2 amide bonds. The van der Waals surface area contributed by atoms with Gasteiger partial charge in [0.2, 0.25) is 5.91 Å². The third-order valence-corrected chi connectivity index (χ3v) is 8.30. The summed E-state index contributed by atoms with van der Waals surface area (Å²) in [5.41, 5.74) is 2.69. The number of amides is 2. The van der Waals surface area contributed by atoms with Crippen molar-refractivity contribution in [3.8, 4) is 0 Å². The highest BCUT2D eigenvalue weighted by Gasteiger charge is 2.24. The normalized spacial score (nSPS) is 13.4. The Morgan fingerprint density at radius 1 is 0.889 bits per heavy atom. The molecule has 1 heterocycles. The van der Waals surface area contributed by atoms with E-state index in [0.717, 1.165) is 73.2 Å². The fourth-order valence-electron chi connectivity index (χ4n) is 5.87. The van der Waals surface area contributed by atoms with Gasteiger partial charge >= 0.3 is 0 Å². The summed E-state index contributed by atoms with van der Waals surface area (Å²) in [6.07, 6.45) is 7.18. The van der Waals surface area contributed by atoms with Gasteiger partial charge < -0.3 is 25.8 Å². The molecule has 240 valence electrons. The number of nitrogens with zero attached hydrogens (tertiary/aromatic N) is 2. The van der Waals surface area contributed by atoms with Gasteiger partial charge in [0.15, 0.2) is 0 Å². The van der Waals surface area contributed by atoms with E-state index in [9.17, 15) is 9.59 Å². The number of hydrogen-bond acceptors (Lipinski definition) is 5. The minimum atomic E-state index is -0.635. The number of aromatic nitrogens is 2. The second-order valence-corrected chi connectivity index (χ2v) is 12.0. The van der Waals surface area contributed by atoms with Gasteiger partial charge in [0.1, 0.15) is 11.9 Å². The lowest BCUT2D eigenvalue weighted by molar-refractivity contribution is -0.123. The molecule has 0 saturated carbocycles. The largest absolute Gasteiger partial charge is 0.348 e. The van der Waals surface area contributed by atoms with Crippen LogP contribution >= 0.6 is 0 Å². The molecule has 0 fully saturated rings. The summed E-state index contributed by atoms with van der Waals surface area (Å²) in [6.45, 7) is 13.0. The van der Waals surface area contributed by atoms with Crippen molar-refractivity contribution >= 4 is 22.6 Å². The molecule has 0 aliphatic heterocycles. The fourth-order valence-corrected chi connectivity index (χ4v) is 5.87. The minimum absolute atomic E-state index is 0.159. The van der Waals surface area contributed by atoms with E-state index < -0.39 is 6.04 Å². The summed E-state index contributed by atoms with van der Waals surface area (Å²) in [7, 11) is 0. The van der Waals surface area contributed by atoms with E-state index in [0.29, 0.717) is 18.5 Å². The zero-order valence-electron chi connectivity index (χ0n) is 27.3. The molecule has 8 heteroatoms. The van der Waals surface area contributed by atoms with Gasteiger partial charge in [-0.15, -0.1) is 0 Å². The third-order valence-electron chi connectivity index (χ3n) is 8.30. The number of aromatic amines is 1. The predicted molar refractivity (Wildman–Crippen MR) is 183 cm³/mol. The lowest BCUT2D eigenvalue weighted by Gasteiger charge is -2.25. The van der Waals surface area contributed by atoms with E-state index >= 15 is 0 Å². The van der Waals surface area contributed by atoms with Crippen LogP contribution in [-0.4, -0.2) is 58.9 Å². The first-order chi connectivity index (χ1) is 21.9. The van der Waals surface area contributed by atoms with Crippen molar-refractivity contribution in [2.45, 2.75) is 77.9 Å². The topological polar surface area (TPSA) is 102 Å². The van der Waals surface area contributed by atoms with Crippen molar-refractivity contribution < 1.29 is 9.59 Å². The van der Waals surface area contributed by atoms with Gasteiger partial charge in [0.25, 0.3) is 5.91 Å². The average Bonchev–Trinajstić information content (AvgIpc) is 3.60. The summed E-state index contributed by atoms with van der Waals surface area (Å²) >= 11 is 0. The van der Waals surface area contributed by atoms with E-state index in [2.05, 4.69) is 75.9 Å². The number of benzene rings is 3. The minimum Gasteiger partial charge on any atom is -0.348 e. The number of fused-ring (bicyclic) bond motifs is 1. The molecule has 0 radical (unpaired) electrons. The van der Waals surface area contributed by atoms with E-state index in [-0.39, 0.29) is 23.8 Å². The zero-order chi connectivity index (χ0) is 32.0. The Balaban J connectivity index is 1.39. The molecule has 0 saturated heterocycles. The highest BCUT2D eigenvalue weighted by atomic mass is 16.2. The zero-order valence-corrected chi connectivity index (χ0v) is 27.3. The summed E-state index contributed by atoms with van der Waals surface area (Å²) in [5.74, 6) is 0.834. The molecular formula is C37H50N6O2. The first-order valence-corrected chi connectivity index (χ1v) is 16.5. The molecule has 0 bridgehead atoms. The van der Waals surface area contributed by atoms with Crippen LogP contribution in [0, 0.1) is 0 Å². The number of carbonyl (C=O) groups is 2. The molecule has 1 aromatic heterocycles. The van der Waals surface area contributed by atoms with Gasteiger partial charge in [-0.25, -0.2) is 4.98 Å². The molecule has 4 aromatic rings. The van der Waals surface area contributed by atoms with Crippen molar-refractivity contribution in [1.29, 1.82) is 0 Å². The van der Waals surface area contributed by atoms with Crippen LogP contribution < -0.4 is 16.0 Å². The predicted octanol–water partition coefficient (Wildman–Crippen LogP) is 6.33. The van der Waals surface area contributed by atoms with Crippen molar-refractivity contribution in [3.05, 3.63) is 102 Å². The van der Waals surface area contributed by atoms with Crippen LogP contribution in [0.1, 0.15) is 92.6 Å². The quantitative estimate of drug-likeness (QED) is 0.105. The third kappa shape index (κ3) is 9.99. The number of imidazole rings is 1. The summed E-state index contributed by atoms with van der Waals surface area (Å²) < 4.78 is 0. The Labute approximate surface area is 268 Å². The van der Waals surface area contributed by atoms with E-state index in [4.69, 9.17) is 0 Å². The van der Waals surface area contributed by atoms with E-state index in [1.165, 1.54) is 0 Å². The number of H-pyrrole nitrogens is 1. The SMILES string of the molecule is CCCN(CCC)CCC[C@H](NC(=O)c1ccc(CNCC(C)c2ncc[nH]2)cc1)C(=O)N[C@@H](C)c1cccc2ccccc12. The lowest BCUT2D eigenvalue weighted by atomic mass is 9.99. The summed E-state index contributed by atoms with van der Waals surface area (Å²) in [6, 6.07) is 21.1. The Morgan fingerprint density at radius 2 is 1.62 bits per heavy atom. The Kier molecular flexibility index (Phi) is 13.2. The molecule has 1 unspecified atom stereocenters. The van der Waals surface area contributed by atoms with Gasteiger partial charge in [0.05, 0.1) is 6.04 Å². The van der Waals surface area contributed by atoms with Crippen LogP contribution in [0.5, 0.6) is 0 Å². The summed E-state index contributed by atoms with van der Waals surface area (Å²) in [5, 5.41) is 12.0. The number of carbonyl (C=O) groups excluding carboxylic acids is 2. The molecule has 4 N–H and O–H groups in total. The van der Waals surface area contributed by atoms with Crippen LogP contribution in [0.2, 0.25) is 0 Å². The van der Waals surface area contributed by atoms with E-state index in [1.54, 1.807) is 6.20 Å². The number of hydrogen-bond donors (Lipinski definition) is 4. The molecule has 4 rings (SSSR count). The van der Waals surface area contributed by atoms with Gasteiger partial charge in [-0.3, -0.25) is 9.59 Å². The monoisotopic (exact) mass is 610 g/mol.